The summed E-state index contributed by atoms with van der Waals surface area (Å²) in [4.78, 5) is 14.7. The Morgan fingerprint density at radius 2 is 2.00 bits per heavy atom. The number of hydrogen-bond acceptors (Lipinski definition) is 4. The smallest absolute Gasteiger partial charge is 0.166 e. The van der Waals surface area contributed by atoms with E-state index < -0.39 is 5.60 Å². The lowest BCUT2D eigenvalue weighted by Gasteiger charge is -2.35. The molecule has 2 aliphatic rings. The van der Waals surface area contributed by atoms with Crippen LogP contribution in [0.25, 0.3) is 0 Å². The first-order chi connectivity index (χ1) is 10.2. The molecule has 0 bridgehead atoms. The lowest BCUT2D eigenvalue weighted by molar-refractivity contribution is 0.0112. The third kappa shape index (κ3) is 3.51. The molecule has 2 saturated heterocycles. The highest BCUT2D eigenvalue weighted by molar-refractivity contribution is 5.97. The molecule has 2 heterocycles. The minimum absolute atomic E-state index is 0.139. The fourth-order valence-corrected chi connectivity index (χ4v) is 3.47. The first-order valence-electron chi connectivity index (χ1n) is 7.91. The summed E-state index contributed by atoms with van der Waals surface area (Å²) in [6.45, 7) is 4.14. The maximum absolute atomic E-state index is 12.4. The molecule has 0 aromatic heterocycles. The highest BCUT2D eigenvalue weighted by Crippen LogP contribution is 2.24. The Morgan fingerprint density at radius 3 is 2.62 bits per heavy atom. The maximum Gasteiger partial charge on any atom is 0.166 e. The first kappa shape index (κ1) is 14.7. The van der Waals surface area contributed by atoms with Crippen molar-refractivity contribution in [2.45, 2.75) is 24.9 Å². The predicted octanol–water partition coefficient (Wildman–Crippen LogP) is 1.31. The summed E-state index contributed by atoms with van der Waals surface area (Å²) >= 11 is 0. The van der Waals surface area contributed by atoms with Crippen molar-refractivity contribution in [1.29, 1.82) is 0 Å². The van der Waals surface area contributed by atoms with E-state index in [1.807, 2.05) is 30.3 Å². The Hall–Kier alpha value is -1.23. The van der Waals surface area contributed by atoms with Gasteiger partial charge in [0.2, 0.25) is 0 Å². The summed E-state index contributed by atoms with van der Waals surface area (Å²) in [5, 5.41) is 13.6. The van der Waals surface area contributed by atoms with E-state index in [0.717, 1.165) is 51.0 Å². The van der Waals surface area contributed by atoms with Crippen LogP contribution in [-0.2, 0) is 0 Å². The van der Waals surface area contributed by atoms with Crippen LogP contribution in [-0.4, -0.2) is 54.1 Å². The zero-order chi connectivity index (χ0) is 14.7. The summed E-state index contributed by atoms with van der Waals surface area (Å²) in [6.07, 6.45) is 2.63. The SMILES string of the molecule is O=C(c1ccccc1)C1CCN(C[C@]2(O)CCNC2)CC1. The molecule has 1 atom stereocenters. The highest BCUT2D eigenvalue weighted by Gasteiger charge is 2.35. The van der Waals surface area contributed by atoms with E-state index >= 15 is 0 Å². The third-order valence-corrected chi connectivity index (χ3v) is 4.76. The van der Waals surface area contributed by atoms with Crippen molar-refractivity contribution in [3.05, 3.63) is 35.9 Å². The molecule has 2 aliphatic heterocycles. The van der Waals surface area contributed by atoms with Crippen molar-refractivity contribution in [3.63, 3.8) is 0 Å². The quantitative estimate of drug-likeness (QED) is 0.820. The topological polar surface area (TPSA) is 52.6 Å². The number of carbonyl (C=O) groups excluding carboxylic acids is 1. The van der Waals surface area contributed by atoms with Crippen LogP contribution in [0, 0.1) is 5.92 Å². The van der Waals surface area contributed by atoms with Crippen molar-refractivity contribution in [2.24, 2.45) is 5.92 Å². The molecular formula is C17H24N2O2. The minimum Gasteiger partial charge on any atom is -0.387 e. The molecule has 3 rings (SSSR count). The van der Waals surface area contributed by atoms with E-state index in [1.165, 1.54) is 0 Å². The number of likely N-dealkylation sites (tertiary alicyclic amines) is 1. The van der Waals surface area contributed by atoms with Crippen LogP contribution in [0.2, 0.25) is 0 Å². The van der Waals surface area contributed by atoms with Gasteiger partial charge in [-0.15, -0.1) is 0 Å². The summed E-state index contributed by atoms with van der Waals surface area (Å²) in [7, 11) is 0. The predicted molar refractivity (Wildman–Crippen MR) is 82.4 cm³/mol. The summed E-state index contributed by atoms with van der Waals surface area (Å²) < 4.78 is 0. The fraction of sp³-hybridized carbons (Fsp3) is 0.588. The van der Waals surface area contributed by atoms with Crippen LogP contribution in [0.3, 0.4) is 0 Å². The maximum atomic E-state index is 12.4. The van der Waals surface area contributed by atoms with E-state index in [4.69, 9.17) is 0 Å². The number of Topliss-reactive ketones (excluding diaryl/α,β-unsaturated/α-hetero) is 1. The number of rotatable bonds is 4. The lowest BCUT2D eigenvalue weighted by Crippen LogP contribution is -2.47. The van der Waals surface area contributed by atoms with Crippen molar-refractivity contribution in [2.75, 3.05) is 32.7 Å². The monoisotopic (exact) mass is 288 g/mol. The van der Waals surface area contributed by atoms with Gasteiger partial charge in [-0.1, -0.05) is 30.3 Å². The molecule has 21 heavy (non-hydrogen) atoms. The van der Waals surface area contributed by atoms with Crippen LogP contribution in [0.5, 0.6) is 0 Å². The van der Waals surface area contributed by atoms with E-state index in [1.54, 1.807) is 0 Å². The van der Waals surface area contributed by atoms with Crippen LogP contribution >= 0.6 is 0 Å². The second kappa shape index (κ2) is 6.26. The second-order valence-corrected chi connectivity index (χ2v) is 6.43. The molecule has 0 aliphatic carbocycles. The van der Waals surface area contributed by atoms with Gasteiger partial charge in [0.15, 0.2) is 5.78 Å². The molecule has 2 N–H and O–H groups in total. The standard InChI is InChI=1S/C17H24N2O2/c20-16(14-4-2-1-3-5-14)15-6-10-19(11-7-15)13-17(21)8-9-18-12-17/h1-5,15,18,21H,6-13H2/t17-/m0/s1. The number of piperidine rings is 1. The van der Waals surface area contributed by atoms with Gasteiger partial charge >= 0.3 is 0 Å². The van der Waals surface area contributed by atoms with E-state index in [-0.39, 0.29) is 11.7 Å². The van der Waals surface area contributed by atoms with Crippen LogP contribution in [0.4, 0.5) is 0 Å². The number of nitrogens with one attached hydrogen (secondary N) is 1. The largest absolute Gasteiger partial charge is 0.387 e. The summed E-state index contributed by atoms with van der Waals surface area (Å²) in [5.74, 6) is 0.413. The number of carbonyl (C=O) groups is 1. The summed E-state index contributed by atoms with van der Waals surface area (Å²) in [5.41, 5.74) is 0.255. The van der Waals surface area contributed by atoms with Gasteiger partial charge in [-0.05, 0) is 38.9 Å². The molecular weight excluding hydrogens is 264 g/mol. The number of β-amino-alcohol motifs (C(OH)–C–C–N with tert-alkyl or cyclic N) is 1. The van der Waals surface area contributed by atoms with E-state index in [0.29, 0.717) is 6.54 Å². The lowest BCUT2D eigenvalue weighted by atomic mass is 9.88. The van der Waals surface area contributed by atoms with Crippen LogP contribution in [0.1, 0.15) is 29.6 Å². The van der Waals surface area contributed by atoms with Gasteiger partial charge in [0.05, 0.1) is 5.60 Å². The van der Waals surface area contributed by atoms with Crippen molar-refractivity contribution in [1.82, 2.24) is 10.2 Å². The number of ketones is 1. The molecule has 2 fully saturated rings. The number of hydrogen-bond donors (Lipinski definition) is 2. The van der Waals surface area contributed by atoms with Gasteiger partial charge < -0.3 is 15.3 Å². The molecule has 0 unspecified atom stereocenters. The van der Waals surface area contributed by atoms with Crippen molar-refractivity contribution >= 4 is 5.78 Å². The van der Waals surface area contributed by atoms with Crippen molar-refractivity contribution in [3.8, 4) is 0 Å². The molecule has 4 nitrogen and oxygen atoms in total. The molecule has 1 aromatic carbocycles. The highest BCUT2D eigenvalue weighted by atomic mass is 16.3. The van der Waals surface area contributed by atoms with E-state index in [9.17, 15) is 9.90 Å². The number of nitrogens with zero attached hydrogens (tertiary/aromatic N) is 1. The third-order valence-electron chi connectivity index (χ3n) is 4.76. The van der Waals surface area contributed by atoms with Gasteiger partial charge in [-0.25, -0.2) is 0 Å². The average molecular weight is 288 g/mol. The molecule has 0 radical (unpaired) electrons. The number of benzene rings is 1. The second-order valence-electron chi connectivity index (χ2n) is 6.43. The van der Waals surface area contributed by atoms with Crippen LogP contribution in [0.15, 0.2) is 30.3 Å². The average Bonchev–Trinajstić information content (AvgIpc) is 2.94. The normalized spacial score (nSPS) is 27.9. The molecule has 0 amide bonds. The number of aliphatic hydroxyl groups is 1. The van der Waals surface area contributed by atoms with Gasteiger partial charge in [-0.2, -0.15) is 0 Å². The minimum atomic E-state index is -0.573. The van der Waals surface area contributed by atoms with Gasteiger partial charge in [0.25, 0.3) is 0 Å². The Morgan fingerprint density at radius 1 is 1.29 bits per heavy atom. The van der Waals surface area contributed by atoms with Crippen molar-refractivity contribution < 1.29 is 9.90 Å². The molecule has 114 valence electrons. The Kier molecular flexibility index (Phi) is 4.38. The Labute approximate surface area is 126 Å². The molecule has 1 aromatic rings. The zero-order valence-electron chi connectivity index (χ0n) is 12.4. The zero-order valence-corrected chi connectivity index (χ0v) is 12.4. The van der Waals surface area contributed by atoms with Gasteiger partial charge in [0.1, 0.15) is 0 Å². The van der Waals surface area contributed by atoms with Gasteiger partial charge in [-0.3, -0.25) is 4.79 Å². The Bertz CT molecular complexity index is 475. The van der Waals surface area contributed by atoms with Gasteiger partial charge in [0, 0.05) is 24.6 Å². The molecule has 4 heteroatoms. The van der Waals surface area contributed by atoms with E-state index in [2.05, 4.69) is 10.2 Å². The molecule has 0 spiro atoms. The molecule has 0 saturated carbocycles. The summed E-state index contributed by atoms with van der Waals surface area (Å²) in [6, 6.07) is 9.59. The van der Waals surface area contributed by atoms with Crippen LogP contribution < -0.4 is 5.32 Å². The Balaban J connectivity index is 1.52. The fourth-order valence-electron chi connectivity index (χ4n) is 3.47. The first-order valence-corrected chi connectivity index (χ1v) is 7.91.